The Bertz CT molecular complexity index is 755. The minimum absolute atomic E-state index is 0.0757. The van der Waals surface area contributed by atoms with Crippen LogP contribution in [0.4, 0.5) is 15.5 Å². The predicted molar refractivity (Wildman–Crippen MR) is 101 cm³/mol. The van der Waals surface area contributed by atoms with Crippen LogP contribution >= 0.6 is 0 Å². The van der Waals surface area contributed by atoms with Crippen LogP contribution in [0.3, 0.4) is 0 Å². The molecule has 0 radical (unpaired) electrons. The Balaban J connectivity index is 2.40. The van der Waals surface area contributed by atoms with Gasteiger partial charge in [-0.25, -0.2) is 14.4 Å². The molecule has 5 N–H and O–H groups in total. The number of rotatable bonds is 8. The van der Waals surface area contributed by atoms with Crippen LogP contribution in [0.5, 0.6) is 0 Å². The van der Waals surface area contributed by atoms with Gasteiger partial charge in [-0.3, -0.25) is 10.1 Å². The molecule has 1 aromatic rings. The Morgan fingerprint density at radius 1 is 1.29 bits per heavy atom. The number of nitrogens with zero attached hydrogens (tertiary/aromatic N) is 1. The van der Waals surface area contributed by atoms with E-state index in [2.05, 4.69) is 25.9 Å². The van der Waals surface area contributed by atoms with Gasteiger partial charge in [-0.2, -0.15) is 4.98 Å². The second-order valence-electron chi connectivity index (χ2n) is 7.16. The van der Waals surface area contributed by atoms with E-state index in [1.807, 2.05) is 0 Å². The lowest BCUT2D eigenvalue weighted by molar-refractivity contribution is -0.139. The number of carbonyl (C=O) groups excluding carboxylic acids is 2. The number of urea groups is 1. The first-order valence-corrected chi connectivity index (χ1v) is 8.81. The van der Waals surface area contributed by atoms with E-state index in [1.165, 1.54) is 6.07 Å². The van der Waals surface area contributed by atoms with Crippen molar-refractivity contribution in [1.82, 2.24) is 20.6 Å². The molecule has 1 heterocycles. The Morgan fingerprint density at radius 3 is 2.54 bits per heavy atom. The summed E-state index contributed by atoms with van der Waals surface area (Å²) in [5.74, 6) is -1.27. The van der Waals surface area contributed by atoms with Crippen molar-refractivity contribution in [3.8, 4) is 0 Å². The number of carboxylic acids is 1. The number of hydrogen-bond donors (Lipinski definition) is 5. The summed E-state index contributed by atoms with van der Waals surface area (Å²) in [6, 6.07) is -0.667. The lowest BCUT2D eigenvalue weighted by atomic mass is 10.1. The summed E-state index contributed by atoms with van der Waals surface area (Å²) in [5, 5.41) is 16.4. The zero-order chi connectivity index (χ0) is 21.3. The number of aromatic nitrogens is 2. The van der Waals surface area contributed by atoms with E-state index in [-0.39, 0.29) is 12.4 Å². The first kappa shape index (κ1) is 22.9. The van der Waals surface area contributed by atoms with Crippen LogP contribution in [0.15, 0.2) is 10.9 Å². The molecule has 1 rings (SSSR count). The third-order valence-corrected chi connectivity index (χ3v) is 3.30. The number of hydrogen-bond acceptors (Lipinski definition) is 6. The van der Waals surface area contributed by atoms with Crippen molar-refractivity contribution in [1.29, 1.82) is 0 Å². The van der Waals surface area contributed by atoms with Gasteiger partial charge in [-0.05, 0) is 47.0 Å². The quantitative estimate of drug-likeness (QED) is 0.413. The first-order chi connectivity index (χ1) is 13.0. The Labute approximate surface area is 162 Å². The van der Waals surface area contributed by atoms with Gasteiger partial charge in [0.05, 0.1) is 0 Å². The number of amides is 3. The number of alkyl carbamates (subject to hydrolysis) is 1. The van der Waals surface area contributed by atoms with Crippen molar-refractivity contribution < 1.29 is 24.2 Å². The highest BCUT2D eigenvalue weighted by Crippen LogP contribution is 2.07. The number of aliphatic carboxylic acids is 1. The SMILES string of the molecule is Cc1cc(=O)nc(NC(=O)NC(CCCCNC(=O)OC(C)(C)C)C(=O)O)[nH]1. The van der Waals surface area contributed by atoms with E-state index >= 15 is 0 Å². The number of carbonyl (C=O) groups is 3. The van der Waals surface area contributed by atoms with Crippen molar-refractivity contribution in [2.75, 3.05) is 11.9 Å². The second-order valence-corrected chi connectivity index (χ2v) is 7.16. The number of anilines is 1. The minimum Gasteiger partial charge on any atom is -0.480 e. The smallest absolute Gasteiger partial charge is 0.407 e. The van der Waals surface area contributed by atoms with Crippen LogP contribution in [0.1, 0.15) is 45.7 Å². The summed E-state index contributed by atoms with van der Waals surface area (Å²) < 4.78 is 5.09. The Morgan fingerprint density at radius 2 is 1.96 bits per heavy atom. The second kappa shape index (κ2) is 10.3. The molecule has 11 nitrogen and oxygen atoms in total. The summed E-state index contributed by atoms with van der Waals surface area (Å²) in [7, 11) is 0. The maximum absolute atomic E-state index is 11.9. The van der Waals surface area contributed by atoms with E-state index in [0.29, 0.717) is 25.1 Å². The molecule has 0 saturated carbocycles. The molecule has 0 aromatic carbocycles. The molecule has 0 aliphatic heterocycles. The third kappa shape index (κ3) is 9.55. The molecule has 11 heteroatoms. The van der Waals surface area contributed by atoms with Gasteiger partial charge in [0.1, 0.15) is 11.6 Å². The van der Waals surface area contributed by atoms with Gasteiger partial charge < -0.3 is 25.5 Å². The van der Waals surface area contributed by atoms with Gasteiger partial charge in [-0.1, -0.05) is 0 Å². The van der Waals surface area contributed by atoms with E-state index in [0.717, 1.165) is 0 Å². The molecule has 0 bridgehead atoms. The molecule has 1 atom stereocenters. The lowest BCUT2D eigenvalue weighted by Gasteiger charge is -2.19. The fourth-order valence-corrected chi connectivity index (χ4v) is 2.18. The van der Waals surface area contributed by atoms with E-state index in [4.69, 9.17) is 4.74 Å². The topological polar surface area (TPSA) is 163 Å². The van der Waals surface area contributed by atoms with Crippen molar-refractivity contribution in [3.63, 3.8) is 0 Å². The average Bonchev–Trinajstić information content (AvgIpc) is 2.50. The van der Waals surface area contributed by atoms with Crippen LogP contribution in [0.25, 0.3) is 0 Å². The highest BCUT2D eigenvalue weighted by atomic mass is 16.6. The van der Waals surface area contributed by atoms with Gasteiger partial charge >= 0.3 is 18.1 Å². The average molecular weight is 397 g/mol. The van der Waals surface area contributed by atoms with Gasteiger partial charge in [0, 0.05) is 18.3 Å². The van der Waals surface area contributed by atoms with Crippen molar-refractivity contribution in [2.24, 2.45) is 0 Å². The molecule has 28 heavy (non-hydrogen) atoms. The van der Waals surface area contributed by atoms with Crippen LogP contribution in [-0.2, 0) is 9.53 Å². The van der Waals surface area contributed by atoms with Gasteiger partial charge in [0.15, 0.2) is 0 Å². The van der Waals surface area contributed by atoms with Gasteiger partial charge in [0.2, 0.25) is 5.95 Å². The van der Waals surface area contributed by atoms with E-state index in [1.54, 1.807) is 27.7 Å². The number of carboxylic acid groups (broad SMARTS) is 1. The lowest BCUT2D eigenvalue weighted by Crippen LogP contribution is -2.43. The minimum atomic E-state index is -1.19. The largest absolute Gasteiger partial charge is 0.480 e. The molecule has 3 amide bonds. The third-order valence-electron chi connectivity index (χ3n) is 3.30. The molecule has 0 aliphatic carbocycles. The normalized spacial score (nSPS) is 12.0. The van der Waals surface area contributed by atoms with E-state index < -0.39 is 35.3 Å². The van der Waals surface area contributed by atoms with Gasteiger partial charge in [0.25, 0.3) is 5.56 Å². The van der Waals surface area contributed by atoms with Crippen LogP contribution in [0.2, 0.25) is 0 Å². The Kier molecular flexibility index (Phi) is 8.42. The van der Waals surface area contributed by atoms with Crippen molar-refractivity contribution >= 4 is 24.0 Å². The summed E-state index contributed by atoms with van der Waals surface area (Å²) in [6.07, 6.45) is 0.585. The summed E-state index contributed by atoms with van der Waals surface area (Å²) in [5.41, 5.74) is -0.618. The predicted octanol–water partition coefficient (Wildman–Crippen LogP) is 1.35. The fraction of sp³-hybridized carbons (Fsp3) is 0.588. The number of aryl methyl sites for hydroxylation is 1. The molecule has 0 fully saturated rings. The summed E-state index contributed by atoms with van der Waals surface area (Å²) in [4.78, 5) is 52.3. The molecule has 0 aliphatic rings. The number of unbranched alkanes of at least 4 members (excludes halogenated alkanes) is 1. The maximum atomic E-state index is 11.9. The molecule has 0 saturated heterocycles. The number of nitrogens with one attached hydrogen (secondary N) is 4. The summed E-state index contributed by atoms with van der Waals surface area (Å²) >= 11 is 0. The fourth-order valence-electron chi connectivity index (χ4n) is 2.18. The van der Waals surface area contributed by atoms with Crippen LogP contribution < -0.4 is 21.5 Å². The first-order valence-electron chi connectivity index (χ1n) is 8.81. The summed E-state index contributed by atoms with van der Waals surface area (Å²) in [6.45, 7) is 7.20. The standard InChI is InChI=1S/C17H27N5O6/c1-10-9-12(23)21-14(19-10)22-15(26)20-11(13(24)25)7-5-6-8-18-16(27)28-17(2,3)4/h9,11H,5-8H2,1-4H3,(H,18,27)(H,24,25)(H3,19,20,21,22,23,26). The van der Waals surface area contributed by atoms with Crippen LogP contribution in [-0.4, -0.2) is 51.4 Å². The zero-order valence-corrected chi connectivity index (χ0v) is 16.4. The van der Waals surface area contributed by atoms with Crippen LogP contribution in [0, 0.1) is 6.92 Å². The zero-order valence-electron chi connectivity index (χ0n) is 16.4. The number of aromatic amines is 1. The molecule has 0 spiro atoms. The Hall–Kier alpha value is -3.11. The highest BCUT2D eigenvalue weighted by molar-refractivity contribution is 5.90. The molecule has 156 valence electrons. The monoisotopic (exact) mass is 397 g/mol. The number of H-pyrrole nitrogens is 1. The molecular weight excluding hydrogens is 370 g/mol. The highest BCUT2D eigenvalue weighted by Gasteiger charge is 2.20. The van der Waals surface area contributed by atoms with Gasteiger partial charge in [-0.15, -0.1) is 0 Å². The van der Waals surface area contributed by atoms with Crippen molar-refractivity contribution in [2.45, 2.75) is 58.6 Å². The van der Waals surface area contributed by atoms with Crippen molar-refractivity contribution in [3.05, 3.63) is 22.1 Å². The maximum Gasteiger partial charge on any atom is 0.407 e. The molecule has 1 unspecified atom stereocenters. The molecular formula is C17H27N5O6. The number of ether oxygens (including phenoxy) is 1. The molecule has 1 aromatic heterocycles. The van der Waals surface area contributed by atoms with E-state index in [9.17, 15) is 24.3 Å².